The molecule has 0 unspecified atom stereocenters. The maximum Gasteiger partial charge on any atom is 0.224 e. The minimum atomic E-state index is 0.195. The summed E-state index contributed by atoms with van der Waals surface area (Å²) in [6.45, 7) is 1.29. The van der Waals surface area contributed by atoms with Crippen LogP contribution in [0, 0.1) is 0 Å². The van der Waals surface area contributed by atoms with Crippen molar-refractivity contribution >= 4 is 17.7 Å². The molecular weight excluding hydrogens is 338 g/mol. The van der Waals surface area contributed by atoms with Crippen molar-refractivity contribution in [2.24, 2.45) is 0 Å². The second-order valence-electron chi connectivity index (χ2n) is 6.13. The number of nitrogens with zero attached hydrogens (tertiary/aromatic N) is 1. The van der Waals surface area contributed by atoms with Crippen LogP contribution in [-0.4, -0.2) is 16.6 Å². The van der Waals surface area contributed by atoms with Gasteiger partial charge in [-0.05, 0) is 23.3 Å². The summed E-state index contributed by atoms with van der Waals surface area (Å²) in [5.41, 5.74) is 2.32. The minimum Gasteiger partial charge on any atom is -0.334 e. The smallest absolute Gasteiger partial charge is 0.224 e. The molecule has 0 aliphatic carbocycles. The average Bonchev–Trinajstić information content (AvgIpc) is 2.70. The van der Waals surface area contributed by atoms with Crippen molar-refractivity contribution in [3.63, 3.8) is 0 Å². The van der Waals surface area contributed by atoms with Crippen LogP contribution in [0.1, 0.15) is 17.5 Å². The third kappa shape index (κ3) is 5.78. The first-order valence-electron chi connectivity index (χ1n) is 8.85. The summed E-state index contributed by atoms with van der Waals surface area (Å²) in [5.74, 6) is 0.990. The molecule has 0 aliphatic heterocycles. The molecule has 0 saturated carbocycles. The Balaban J connectivity index is 1.62. The predicted molar refractivity (Wildman–Crippen MR) is 109 cm³/mol. The van der Waals surface area contributed by atoms with Crippen LogP contribution >= 0.6 is 11.8 Å². The van der Waals surface area contributed by atoms with E-state index in [0.717, 1.165) is 16.9 Å². The number of hydrogen-bond donors (Lipinski definition) is 0. The quantitative estimate of drug-likeness (QED) is 0.501. The van der Waals surface area contributed by atoms with Gasteiger partial charge in [-0.15, -0.1) is 11.8 Å². The van der Waals surface area contributed by atoms with Gasteiger partial charge in [0.05, 0.1) is 0 Å². The van der Waals surface area contributed by atoms with E-state index in [-0.39, 0.29) is 5.91 Å². The molecule has 2 nitrogen and oxygen atoms in total. The first-order valence-corrected chi connectivity index (χ1v) is 9.83. The molecule has 1 amide bonds. The van der Waals surface area contributed by atoms with Crippen LogP contribution in [0.5, 0.6) is 0 Å². The lowest BCUT2D eigenvalue weighted by Crippen LogP contribution is -2.30. The second kappa shape index (κ2) is 9.83. The maximum absolute atomic E-state index is 12.9. The third-order valence-corrected chi connectivity index (χ3v) is 5.13. The lowest BCUT2D eigenvalue weighted by Gasteiger charge is -2.23. The Morgan fingerprint density at radius 2 is 1.15 bits per heavy atom. The van der Waals surface area contributed by atoms with Gasteiger partial charge in [-0.25, -0.2) is 0 Å². The Labute approximate surface area is 159 Å². The van der Waals surface area contributed by atoms with E-state index in [1.807, 2.05) is 59.5 Å². The number of amides is 1. The lowest BCUT2D eigenvalue weighted by atomic mass is 10.1. The van der Waals surface area contributed by atoms with E-state index in [0.29, 0.717) is 19.5 Å². The molecule has 132 valence electrons. The van der Waals surface area contributed by atoms with Gasteiger partial charge in [-0.3, -0.25) is 4.79 Å². The first-order chi connectivity index (χ1) is 12.8. The molecule has 0 aromatic heterocycles. The van der Waals surface area contributed by atoms with Crippen molar-refractivity contribution in [2.45, 2.75) is 24.4 Å². The number of thioether (sulfide) groups is 1. The summed E-state index contributed by atoms with van der Waals surface area (Å²) in [4.78, 5) is 16.0. The topological polar surface area (TPSA) is 20.3 Å². The normalized spacial score (nSPS) is 10.5. The average molecular weight is 362 g/mol. The van der Waals surface area contributed by atoms with Crippen LogP contribution in [0.25, 0.3) is 0 Å². The Morgan fingerprint density at radius 3 is 1.65 bits per heavy atom. The van der Waals surface area contributed by atoms with Crippen LogP contribution in [0.15, 0.2) is 95.9 Å². The highest BCUT2D eigenvalue weighted by molar-refractivity contribution is 7.99. The Kier molecular flexibility index (Phi) is 6.91. The summed E-state index contributed by atoms with van der Waals surface area (Å²) < 4.78 is 0. The van der Waals surface area contributed by atoms with Crippen molar-refractivity contribution in [3.8, 4) is 0 Å². The van der Waals surface area contributed by atoms with Crippen molar-refractivity contribution in [3.05, 3.63) is 102 Å². The second-order valence-corrected chi connectivity index (χ2v) is 7.30. The summed E-state index contributed by atoms with van der Waals surface area (Å²) in [6.07, 6.45) is 0.541. The van der Waals surface area contributed by atoms with Gasteiger partial charge in [0.1, 0.15) is 0 Å². The van der Waals surface area contributed by atoms with E-state index in [2.05, 4.69) is 36.4 Å². The van der Waals surface area contributed by atoms with Crippen molar-refractivity contribution in [2.75, 3.05) is 5.75 Å². The fraction of sp³-hybridized carbons (Fsp3) is 0.174. The molecule has 3 rings (SSSR count). The van der Waals surface area contributed by atoms with Gasteiger partial charge in [-0.1, -0.05) is 78.9 Å². The number of rotatable bonds is 8. The highest BCUT2D eigenvalue weighted by Gasteiger charge is 2.14. The molecule has 0 heterocycles. The monoisotopic (exact) mass is 361 g/mol. The van der Waals surface area contributed by atoms with Gasteiger partial charge >= 0.3 is 0 Å². The Bertz CT molecular complexity index is 749. The summed E-state index contributed by atoms with van der Waals surface area (Å²) >= 11 is 1.73. The van der Waals surface area contributed by atoms with Crippen LogP contribution in [0.4, 0.5) is 0 Å². The number of benzene rings is 3. The third-order valence-electron chi connectivity index (χ3n) is 4.11. The van der Waals surface area contributed by atoms with Crippen LogP contribution < -0.4 is 0 Å². The van der Waals surface area contributed by atoms with Crippen molar-refractivity contribution in [1.82, 2.24) is 4.90 Å². The highest BCUT2D eigenvalue weighted by atomic mass is 32.2. The van der Waals surface area contributed by atoms with Crippen LogP contribution in [0.2, 0.25) is 0 Å². The molecule has 0 spiro atoms. The fourth-order valence-corrected chi connectivity index (χ4v) is 3.63. The van der Waals surface area contributed by atoms with E-state index >= 15 is 0 Å². The van der Waals surface area contributed by atoms with E-state index < -0.39 is 0 Å². The zero-order chi connectivity index (χ0) is 18.0. The molecule has 3 heteroatoms. The maximum atomic E-state index is 12.9. The van der Waals surface area contributed by atoms with E-state index in [1.54, 1.807) is 11.8 Å². The molecule has 26 heavy (non-hydrogen) atoms. The Morgan fingerprint density at radius 1 is 0.692 bits per heavy atom. The number of carbonyl (C=O) groups is 1. The molecule has 3 aromatic rings. The van der Waals surface area contributed by atoms with E-state index in [4.69, 9.17) is 0 Å². The van der Waals surface area contributed by atoms with Gasteiger partial charge in [0.25, 0.3) is 0 Å². The molecule has 0 radical (unpaired) electrons. The van der Waals surface area contributed by atoms with Crippen molar-refractivity contribution in [1.29, 1.82) is 0 Å². The van der Waals surface area contributed by atoms with E-state index in [9.17, 15) is 4.79 Å². The van der Waals surface area contributed by atoms with Gasteiger partial charge in [0.15, 0.2) is 0 Å². The highest BCUT2D eigenvalue weighted by Crippen LogP contribution is 2.19. The summed E-state index contributed by atoms with van der Waals surface area (Å²) in [6, 6.07) is 30.6. The Hall–Kier alpha value is -2.52. The SMILES string of the molecule is O=C(CCSc1ccccc1)N(Cc1ccccc1)Cc1ccccc1. The van der Waals surface area contributed by atoms with Crippen LogP contribution in [0.3, 0.4) is 0 Å². The molecule has 0 N–H and O–H groups in total. The zero-order valence-electron chi connectivity index (χ0n) is 14.8. The largest absolute Gasteiger partial charge is 0.334 e. The first kappa shape index (κ1) is 18.3. The zero-order valence-corrected chi connectivity index (χ0v) is 15.6. The number of carbonyl (C=O) groups excluding carboxylic acids is 1. The van der Waals surface area contributed by atoms with Crippen molar-refractivity contribution < 1.29 is 4.79 Å². The molecule has 0 bridgehead atoms. The molecule has 0 saturated heterocycles. The molecule has 3 aromatic carbocycles. The summed E-state index contributed by atoms with van der Waals surface area (Å²) in [7, 11) is 0. The van der Waals surface area contributed by atoms with Gasteiger partial charge in [-0.2, -0.15) is 0 Å². The molecule has 0 aliphatic rings. The molecule has 0 atom stereocenters. The summed E-state index contributed by atoms with van der Waals surface area (Å²) in [5, 5.41) is 0. The number of hydrogen-bond acceptors (Lipinski definition) is 2. The minimum absolute atomic E-state index is 0.195. The molecule has 0 fully saturated rings. The van der Waals surface area contributed by atoms with Gasteiger partial charge < -0.3 is 4.90 Å². The van der Waals surface area contributed by atoms with E-state index in [1.165, 1.54) is 4.90 Å². The fourth-order valence-electron chi connectivity index (χ4n) is 2.77. The van der Waals surface area contributed by atoms with Gasteiger partial charge in [0.2, 0.25) is 5.91 Å². The van der Waals surface area contributed by atoms with Crippen LogP contribution in [-0.2, 0) is 17.9 Å². The molecular formula is C23H23NOS. The lowest BCUT2D eigenvalue weighted by molar-refractivity contribution is -0.132. The predicted octanol–water partition coefficient (Wildman–Crippen LogP) is 5.40. The standard InChI is InChI=1S/C23H23NOS/c25-23(16-17-26-22-14-8-3-9-15-22)24(18-20-10-4-1-5-11-20)19-21-12-6-2-7-13-21/h1-15H,16-19H2. The van der Waals surface area contributed by atoms with Gasteiger partial charge in [0, 0.05) is 30.2 Å².